The van der Waals surface area contributed by atoms with Crippen molar-refractivity contribution in [3.63, 3.8) is 0 Å². The Morgan fingerprint density at radius 2 is 1.38 bits per heavy atom. The third-order valence-electron chi connectivity index (χ3n) is 4.36. The monoisotopic (exact) mass is 222 g/mol. The molecule has 0 spiro atoms. The Morgan fingerprint density at radius 1 is 0.812 bits per heavy atom. The van der Waals surface area contributed by atoms with Gasteiger partial charge >= 0.3 is 0 Å². The molecule has 2 saturated carbocycles. The molecule has 1 nitrogen and oxygen atoms in total. The molecule has 0 aromatic carbocycles. The predicted octanol–water partition coefficient (Wildman–Crippen LogP) is 4.06. The minimum atomic E-state index is -0.165. The molecule has 0 amide bonds. The highest BCUT2D eigenvalue weighted by molar-refractivity contribution is 4.96. The lowest BCUT2D eigenvalue weighted by Gasteiger charge is -2.25. The summed E-state index contributed by atoms with van der Waals surface area (Å²) in [7, 11) is 0. The summed E-state index contributed by atoms with van der Waals surface area (Å²) in [5.74, 6) is 1.31. The van der Waals surface area contributed by atoms with E-state index in [1.165, 1.54) is 64.2 Å². The highest BCUT2D eigenvalue weighted by Gasteiger charge is 2.20. The van der Waals surface area contributed by atoms with Gasteiger partial charge in [0, 0.05) is 0 Å². The number of aliphatic hydroxyl groups is 1. The van der Waals surface area contributed by atoms with Gasteiger partial charge in [-0.25, -0.2) is 0 Å². The summed E-state index contributed by atoms with van der Waals surface area (Å²) >= 11 is 0. The van der Waals surface area contributed by atoms with Gasteiger partial charge in [-0.15, -0.1) is 0 Å². The molecule has 2 aliphatic rings. The molecule has 0 aromatic heterocycles. The second kappa shape index (κ2) is 6.44. The van der Waals surface area contributed by atoms with Crippen LogP contribution >= 0.6 is 0 Å². The Morgan fingerprint density at radius 3 is 2.00 bits per heavy atom. The molecular formula is C15H26O. The van der Waals surface area contributed by atoms with E-state index in [1.807, 2.05) is 0 Å². The Labute approximate surface area is 99.9 Å². The van der Waals surface area contributed by atoms with Gasteiger partial charge in [0.2, 0.25) is 0 Å². The van der Waals surface area contributed by atoms with Crippen LogP contribution in [0.2, 0.25) is 0 Å². The van der Waals surface area contributed by atoms with E-state index in [2.05, 4.69) is 12.2 Å². The normalized spacial score (nSPS) is 27.3. The van der Waals surface area contributed by atoms with Crippen LogP contribution in [-0.2, 0) is 0 Å². The largest absolute Gasteiger partial charge is 0.389 e. The fourth-order valence-electron chi connectivity index (χ4n) is 3.23. The van der Waals surface area contributed by atoms with E-state index in [1.54, 1.807) is 0 Å². The van der Waals surface area contributed by atoms with Crippen molar-refractivity contribution in [3.8, 4) is 0 Å². The van der Waals surface area contributed by atoms with Gasteiger partial charge in [-0.05, 0) is 37.5 Å². The van der Waals surface area contributed by atoms with Crippen LogP contribution in [0, 0.1) is 11.8 Å². The van der Waals surface area contributed by atoms with E-state index in [0.29, 0.717) is 5.92 Å². The number of allylic oxidation sites excluding steroid dienone is 1. The summed E-state index contributed by atoms with van der Waals surface area (Å²) in [5.41, 5.74) is 0. The van der Waals surface area contributed by atoms with Crippen molar-refractivity contribution in [2.24, 2.45) is 11.8 Å². The molecule has 16 heavy (non-hydrogen) atoms. The van der Waals surface area contributed by atoms with E-state index < -0.39 is 0 Å². The molecular weight excluding hydrogens is 196 g/mol. The van der Waals surface area contributed by atoms with Gasteiger partial charge in [0.15, 0.2) is 0 Å². The van der Waals surface area contributed by atoms with Gasteiger partial charge in [0.05, 0.1) is 6.10 Å². The smallest absolute Gasteiger partial charge is 0.0749 e. The van der Waals surface area contributed by atoms with Crippen molar-refractivity contribution in [1.82, 2.24) is 0 Å². The van der Waals surface area contributed by atoms with E-state index in [0.717, 1.165) is 5.92 Å². The SMILES string of the molecule is OC(/C=C/C1CCCCC1)C1CCCCC1. The molecule has 0 saturated heterocycles. The first-order valence-corrected chi connectivity index (χ1v) is 7.22. The average molecular weight is 222 g/mol. The number of aliphatic hydroxyl groups excluding tert-OH is 1. The first-order chi connectivity index (χ1) is 7.86. The van der Waals surface area contributed by atoms with Crippen LogP contribution in [0.25, 0.3) is 0 Å². The first kappa shape index (κ1) is 12.2. The summed E-state index contributed by atoms with van der Waals surface area (Å²) < 4.78 is 0. The summed E-state index contributed by atoms with van der Waals surface area (Å²) in [6.45, 7) is 0. The third-order valence-corrected chi connectivity index (χ3v) is 4.36. The minimum Gasteiger partial charge on any atom is -0.389 e. The summed E-state index contributed by atoms with van der Waals surface area (Å²) in [4.78, 5) is 0. The second-order valence-electron chi connectivity index (χ2n) is 5.67. The fourth-order valence-corrected chi connectivity index (χ4v) is 3.23. The van der Waals surface area contributed by atoms with Gasteiger partial charge in [0.1, 0.15) is 0 Å². The average Bonchev–Trinajstić information content (AvgIpc) is 2.38. The Hall–Kier alpha value is -0.300. The molecule has 0 aromatic rings. The molecule has 1 atom stereocenters. The molecule has 0 bridgehead atoms. The van der Waals surface area contributed by atoms with Crippen molar-refractivity contribution in [1.29, 1.82) is 0 Å². The highest BCUT2D eigenvalue weighted by Crippen LogP contribution is 2.28. The summed E-state index contributed by atoms with van der Waals surface area (Å²) in [6.07, 6.45) is 17.6. The van der Waals surface area contributed by atoms with Gasteiger partial charge in [-0.1, -0.05) is 50.7 Å². The maximum atomic E-state index is 10.1. The Kier molecular flexibility index (Phi) is 4.90. The van der Waals surface area contributed by atoms with Crippen molar-refractivity contribution in [3.05, 3.63) is 12.2 Å². The maximum Gasteiger partial charge on any atom is 0.0749 e. The summed E-state index contributed by atoms with van der Waals surface area (Å²) in [5, 5.41) is 10.1. The molecule has 1 unspecified atom stereocenters. The molecule has 1 N–H and O–H groups in total. The quantitative estimate of drug-likeness (QED) is 0.714. The Bertz CT molecular complexity index is 209. The molecule has 0 radical (unpaired) electrons. The predicted molar refractivity (Wildman–Crippen MR) is 68.3 cm³/mol. The fraction of sp³-hybridized carbons (Fsp3) is 0.867. The molecule has 92 valence electrons. The van der Waals surface area contributed by atoms with Crippen LogP contribution < -0.4 is 0 Å². The van der Waals surface area contributed by atoms with Crippen molar-refractivity contribution < 1.29 is 5.11 Å². The lowest BCUT2D eigenvalue weighted by Crippen LogP contribution is -2.21. The van der Waals surface area contributed by atoms with E-state index in [4.69, 9.17) is 0 Å². The van der Waals surface area contributed by atoms with Gasteiger partial charge in [-0.3, -0.25) is 0 Å². The zero-order valence-electron chi connectivity index (χ0n) is 10.4. The van der Waals surface area contributed by atoms with Gasteiger partial charge in [-0.2, -0.15) is 0 Å². The van der Waals surface area contributed by atoms with E-state index >= 15 is 0 Å². The third kappa shape index (κ3) is 3.62. The van der Waals surface area contributed by atoms with Crippen LogP contribution in [0.4, 0.5) is 0 Å². The standard InChI is InChI=1S/C15H26O/c16-15(14-9-5-2-6-10-14)12-11-13-7-3-1-4-8-13/h11-16H,1-10H2/b12-11+. The van der Waals surface area contributed by atoms with Crippen LogP contribution in [0.5, 0.6) is 0 Å². The van der Waals surface area contributed by atoms with E-state index in [9.17, 15) is 5.11 Å². The Balaban J connectivity index is 1.75. The second-order valence-corrected chi connectivity index (χ2v) is 5.67. The molecule has 2 rings (SSSR count). The van der Waals surface area contributed by atoms with Crippen LogP contribution in [0.15, 0.2) is 12.2 Å². The highest BCUT2D eigenvalue weighted by atomic mass is 16.3. The van der Waals surface area contributed by atoms with Crippen molar-refractivity contribution in [2.75, 3.05) is 0 Å². The van der Waals surface area contributed by atoms with Gasteiger partial charge in [0.25, 0.3) is 0 Å². The number of hydrogen-bond donors (Lipinski definition) is 1. The van der Waals surface area contributed by atoms with Crippen LogP contribution in [-0.4, -0.2) is 11.2 Å². The molecule has 2 fully saturated rings. The maximum absolute atomic E-state index is 10.1. The first-order valence-electron chi connectivity index (χ1n) is 7.22. The van der Waals surface area contributed by atoms with Crippen LogP contribution in [0.3, 0.4) is 0 Å². The van der Waals surface area contributed by atoms with E-state index in [-0.39, 0.29) is 6.10 Å². The summed E-state index contributed by atoms with van der Waals surface area (Å²) in [6, 6.07) is 0. The lowest BCUT2D eigenvalue weighted by atomic mass is 9.84. The molecule has 0 heterocycles. The minimum absolute atomic E-state index is 0.165. The molecule has 2 aliphatic carbocycles. The zero-order valence-corrected chi connectivity index (χ0v) is 10.4. The number of rotatable bonds is 3. The van der Waals surface area contributed by atoms with Gasteiger partial charge < -0.3 is 5.11 Å². The topological polar surface area (TPSA) is 20.2 Å². The van der Waals surface area contributed by atoms with Crippen molar-refractivity contribution in [2.45, 2.75) is 70.3 Å². The van der Waals surface area contributed by atoms with Crippen molar-refractivity contribution >= 4 is 0 Å². The molecule has 1 heteroatoms. The lowest BCUT2D eigenvalue weighted by molar-refractivity contribution is 0.124. The zero-order chi connectivity index (χ0) is 11.2. The van der Waals surface area contributed by atoms with Crippen LogP contribution in [0.1, 0.15) is 64.2 Å². The number of hydrogen-bond acceptors (Lipinski definition) is 1. The molecule has 0 aliphatic heterocycles.